The summed E-state index contributed by atoms with van der Waals surface area (Å²) in [7, 11) is 1.80. The van der Waals surface area contributed by atoms with E-state index in [0.29, 0.717) is 10.7 Å². The fraction of sp³-hybridized carbons (Fsp3) is 0.200. The summed E-state index contributed by atoms with van der Waals surface area (Å²) in [5, 5.41) is 14.4. The highest BCUT2D eigenvalue weighted by atomic mass is 35.5. The fourth-order valence-corrected chi connectivity index (χ4v) is 1.43. The SMILES string of the molecule is Cn1cc(C(O)c2ccc(Cl)nc2)cn1. The van der Waals surface area contributed by atoms with Gasteiger partial charge in [0.15, 0.2) is 0 Å². The third-order valence-corrected chi connectivity index (χ3v) is 2.33. The number of aliphatic hydroxyl groups is 1. The molecule has 0 spiro atoms. The van der Waals surface area contributed by atoms with E-state index in [0.717, 1.165) is 5.56 Å². The van der Waals surface area contributed by atoms with Crippen molar-refractivity contribution in [1.29, 1.82) is 0 Å². The maximum absolute atomic E-state index is 9.96. The van der Waals surface area contributed by atoms with Crippen molar-refractivity contribution < 1.29 is 5.11 Å². The molecule has 0 saturated carbocycles. The summed E-state index contributed by atoms with van der Waals surface area (Å²) in [4.78, 5) is 3.91. The summed E-state index contributed by atoms with van der Waals surface area (Å²) in [6.07, 6.45) is 4.24. The van der Waals surface area contributed by atoms with E-state index in [2.05, 4.69) is 10.1 Å². The van der Waals surface area contributed by atoms with Crippen LogP contribution in [0.3, 0.4) is 0 Å². The van der Waals surface area contributed by atoms with Gasteiger partial charge in [-0.1, -0.05) is 17.7 Å². The minimum absolute atomic E-state index is 0.414. The molecule has 0 saturated heterocycles. The number of pyridine rings is 1. The Morgan fingerprint density at radius 1 is 1.33 bits per heavy atom. The van der Waals surface area contributed by atoms with Gasteiger partial charge in [-0.25, -0.2) is 4.98 Å². The Labute approximate surface area is 92.1 Å². The minimum Gasteiger partial charge on any atom is -0.383 e. The number of halogens is 1. The number of aromatic nitrogens is 3. The van der Waals surface area contributed by atoms with Gasteiger partial charge >= 0.3 is 0 Å². The summed E-state index contributed by atoms with van der Waals surface area (Å²) >= 11 is 5.66. The summed E-state index contributed by atoms with van der Waals surface area (Å²) in [6.45, 7) is 0. The second kappa shape index (κ2) is 4.00. The highest BCUT2D eigenvalue weighted by molar-refractivity contribution is 6.29. The Kier molecular flexibility index (Phi) is 2.70. The third-order valence-electron chi connectivity index (χ3n) is 2.11. The second-order valence-corrected chi connectivity index (χ2v) is 3.65. The molecule has 5 heteroatoms. The highest BCUT2D eigenvalue weighted by Crippen LogP contribution is 2.21. The molecule has 15 heavy (non-hydrogen) atoms. The Hall–Kier alpha value is -1.39. The average Bonchev–Trinajstić information content (AvgIpc) is 2.65. The molecule has 2 heterocycles. The van der Waals surface area contributed by atoms with Crippen LogP contribution in [0.2, 0.25) is 5.15 Å². The zero-order chi connectivity index (χ0) is 10.8. The molecule has 0 amide bonds. The summed E-state index contributed by atoms with van der Waals surface area (Å²) in [6, 6.07) is 3.39. The molecule has 0 radical (unpaired) electrons. The lowest BCUT2D eigenvalue weighted by molar-refractivity contribution is 0.220. The van der Waals surface area contributed by atoms with Crippen LogP contribution < -0.4 is 0 Å². The maximum Gasteiger partial charge on any atom is 0.129 e. The van der Waals surface area contributed by atoms with Crippen LogP contribution in [0.4, 0.5) is 0 Å². The quantitative estimate of drug-likeness (QED) is 0.786. The van der Waals surface area contributed by atoms with Gasteiger partial charge in [-0.15, -0.1) is 0 Å². The van der Waals surface area contributed by atoms with Crippen LogP contribution in [-0.4, -0.2) is 19.9 Å². The van der Waals surface area contributed by atoms with E-state index >= 15 is 0 Å². The lowest BCUT2D eigenvalue weighted by Gasteiger charge is -2.07. The first-order valence-electron chi connectivity index (χ1n) is 4.45. The van der Waals surface area contributed by atoms with Gasteiger partial charge in [0.1, 0.15) is 11.3 Å². The van der Waals surface area contributed by atoms with Gasteiger partial charge < -0.3 is 5.11 Å². The Balaban J connectivity index is 2.28. The third kappa shape index (κ3) is 2.16. The van der Waals surface area contributed by atoms with Gasteiger partial charge in [0.2, 0.25) is 0 Å². The van der Waals surface area contributed by atoms with Gasteiger partial charge in [0.05, 0.1) is 6.20 Å². The molecule has 0 aliphatic rings. The van der Waals surface area contributed by atoms with Crippen LogP contribution in [0.15, 0.2) is 30.7 Å². The molecular formula is C10H10ClN3O. The van der Waals surface area contributed by atoms with E-state index in [9.17, 15) is 5.11 Å². The highest BCUT2D eigenvalue weighted by Gasteiger charge is 2.12. The second-order valence-electron chi connectivity index (χ2n) is 3.26. The molecule has 2 aromatic rings. The summed E-state index contributed by atoms with van der Waals surface area (Å²) in [5.74, 6) is 0. The Morgan fingerprint density at radius 2 is 2.13 bits per heavy atom. The minimum atomic E-state index is -0.705. The number of aliphatic hydroxyl groups excluding tert-OH is 1. The van der Waals surface area contributed by atoms with Crippen molar-refractivity contribution in [3.05, 3.63) is 47.0 Å². The van der Waals surface area contributed by atoms with Gasteiger partial charge in [-0.05, 0) is 6.07 Å². The zero-order valence-electron chi connectivity index (χ0n) is 8.13. The topological polar surface area (TPSA) is 50.9 Å². The monoisotopic (exact) mass is 223 g/mol. The van der Waals surface area contributed by atoms with Crippen molar-refractivity contribution in [3.8, 4) is 0 Å². The van der Waals surface area contributed by atoms with E-state index in [1.165, 1.54) is 0 Å². The van der Waals surface area contributed by atoms with Gasteiger partial charge in [0, 0.05) is 30.6 Å². The molecule has 0 fully saturated rings. The molecule has 2 aromatic heterocycles. The summed E-state index contributed by atoms with van der Waals surface area (Å²) in [5.41, 5.74) is 1.44. The van der Waals surface area contributed by atoms with Gasteiger partial charge in [0.25, 0.3) is 0 Å². The summed E-state index contributed by atoms with van der Waals surface area (Å²) < 4.78 is 1.64. The van der Waals surface area contributed by atoms with E-state index in [1.807, 2.05) is 0 Å². The largest absolute Gasteiger partial charge is 0.383 e. The van der Waals surface area contributed by atoms with Crippen molar-refractivity contribution in [3.63, 3.8) is 0 Å². The number of nitrogens with zero attached hydrogens (tertiary/aromatic N) is 3. The van der Waals surface area contributed by atoms with E-state index in [4.69, 9.17) is 11.6 Å². The number of rotatable bonds is 2. The van der Waals surface area contributed by atoms with Crippen molar-refractivity contribution in [2.45, 2.75) is 6.10 Å². The van der Waals surface area contributed by atoms with E-state index in [-0.39, 0.29) is 0 Å². The van der Waals surface area contributed by atoms with E-state index in [1.54, 1.807) is 42.5 Å². The number of aryl methyl sites for hydroxylation is 1. The van der Waals surface area contributed by atoms with Gasteiger partial charge in [-0.2, -0.15) is 5.10 Å². The molecule has 0 bridgehead atoms. The van der Waals surface area contributed by atoms with Gasteiger partial charge in [-0.3, -0.25) is 4.68 Å². The Bertz CT molecular complexity index is 452. The first kappa shape index (κ1) is 10.1. The first-order valence-corrected chi connectivity index (χ1v) is 4.82. The molecule has 1 unspecified atom stereocenters. The normalized spacial score (nSPS) is 12.7. The lowest BCUT2D eigenvalue weighted by atomic mass is 10.1. The molecule has 2 rings (SSSR count). The molecule has 1 N–H and O–H groups in total. The first-order chi connectivity index (χ1) is 7.16. The maximum atomic E-state index is 9.96. The molecule has 1 atom stereocenters. The molecule has 0 aliphatic carbocycles. The lowest BCUT2D eigenvalue weighted by Crippen LogP contribution is -1.98. The van der Waals surface area contributed by atoms with Crippen LogP contribution in [-0.2, 0) is 7.05 Å². The molecular weight excluding hydrogens is 214 g/mol. The molecule has 0 aliphatic heterocycles. The van der Waals surface area contributed by atoms with Crippen LogP contribution in [0, 0.1) is 0 Å². The zero-order valence-corrected chi connectivity index (χ0v) is 8.89. The van der Waals surface area contributed by atoms with E-state index < -0.39 is 6.10 Å². The molecule has 0 aromatic carbocycles. The smallest absolute Gasteiger partial charge is 0.129 e. The van der Waals surface area contributed by atoms with Crippen molar-refractivity contribution >= 4 is 11.6 Å². The fourth-order valence-electron chi connectivity index (χ4n) is 1.32. The number of hydrogen-bond donors (Lipinski definition) is 1. The van der Waals surface area contributed by atoms with Crippen LogP contribution >= 0.6 is 11.6 Å². The van der Waals surface area contributed by atoms with Crippen molar-refractivity contribution in [2.24, 2.45) is 7.05 Å². The Morgan fingerprint density at radius 3 is 2.67 bits per heavy atom. The standard InChI is InChI=1S/C10H10ClN3O/c1-14-6-8(5-13-14)10(15)7-2-3-9(11)12-4-7/h2-6,10,15H,1H3. The molecule has 78 valence electrons. The molecule has 4 nitrogen and oxygen atoms in total. The average molecular weight is 224 g/mol. The van der Waals surface area contributed by atoms with Crippen LogP contribution in [0.1, 0.15) is 17.2 Å². The predicted molar refractivity (Wildman–Crippen MR) is 56.5 cm³/mol. The van der Waals surface area contributed by atoms with Crippen LogP contribution in [0.25, 0.3) is 0 Å². The number of hydrogen-bond acceptors (Lipinski definition) is 3. The predicted octanol–water partition coefficient (Wildman–Crippen LogP) is 1.55. The van der Waals surface area contributed by atoms with Crippen molar-refractivity contribution in [1.82, 2.24) is 14.8 Å². The van der Waals surface area contributed by atoms with Crippen molar-refractivity contribution in [2.75, 3.05) is 0 Å². The van der Waals surface area contributed by atoms with Crippen LogP contribution in [0.5, 0.6) is 0 Å².